The fourth-order valence-electron chi connectivity index (χ4n) is 1.60. The number of hydrogen-bond donors (Lipinski definition) is 1. The second-order valence-electron chi connectivity index (χ2n) is 3.94. The Morgan fingerprint density at radius 2 is 1.47 bits per heavy atom. The molecule has 0 radical (unpaired) electrons. The van der Waals surface area contributed by atoms with Crippen LogP contribution in [-0.4, -0.2) is 20.3 Å². The molecule has 0 bridgehead atoms. The van der Waals surface area contributed by atoms with Crippen LogP contribution in [0, 0.1) is 0 Å². The van der Waals surface area contributed by atoms with Gasteiger partial charge in [-0.3, -0.25) is 0 Å². The maximum atomic E-state index is 5.66. The van der Waals surface area contributed by atoms with Gasteiger partial charge in [0.25, 0.3) is 0 Å². The number of rotatable bonds is 6. The molecule has 0 aliphatic carbocycles. The Bertz CT molecular complexity index is 511. The molecule has 2 aromatic carbocycles. The van der Waals surface area contributed by atoms with E-state index in [0.717, 1.165) is 17.2 Å². The molecule has 0 fully saturated rings. The van der Waals surface area contributed by atoms with E-state index in [4.69, 9.17) is 19.9 Å². The molecule has 0 unspecified atom stereocenters. The Morgan fingerprint density at radius 1 is 0.842 bits per heavy atom. The minimum absolute atomic E-state index is 0.468. The average molecular weight is 259 g/mol. The molecular formula is C15H17NO3. The minimum atomic E-state index is 0.468. The zero-order chi connectivity index (χ0) is 13.5. The molecule has 0 heterocycles. The topological polar surface area (TPSA) is 53.7 Å². The van der Waals surface area contributed by atoms with Gasteiger partial charge in [0.1, 0.15) is 30.5 Å². The van der Waals surface area contributed by atoms with Crippen molar-refractivity contribution in [3.05, 3.63) is 48.5 Å². The first kappa shape index (κ1) is 13.1. The van der Waals surface area contributed by atoms with Gasteiger partial charge < -0.3 is 19.9 Å². The highest BCUT2D eigenvalue weighted by atomic mass is 16.5. The molecule has 2 N–H and O–H groups in total. The zero-order valence-electron chi connectivity index (χ0n) is 10.8. The van der Waals surface area contributed by atoms with Crippen molar-refractivity contribution < 1.29 is 14.2 Å². The molecule has 0 amide bonds. The summed E-state index contributed by atoms with van der Waals surface area (Å²) in [6, 6.07) is 14.8. The summed E-state index contributed by atoms with van der Waals surface area (Å²) >= 11 is 0. The number of benzene rings is 2. The summed E-state index contributed by atoms with van der Waals surface area (Å²) in [4.78, 5) is 0. The van der Waals surface area contributed by atoms with Crippen LogP contribution in [0.3, 0.4) is 0 Å². The van der Waals surface area contributed by atoms with Crippen LogP contribution in [0.4, 0.5) is 5.69 Å². The molecule has 100 valence electrons. The number of nitrogen functional groups attached to an aromatic ring is 1. The van der Waals surface area contributed by atoms with Gasteiger partial charge in [0, 0.05) is 11.8 Å². The predicted molar refractivity (Wildman–Crippen MR) is 74.8 cm³/mol. The Labute approximate surface area is 112 Å². The summed E-state index contributed by atoms with van der Waals surface area (Å²) in [5, 5.41) is 0. The van der Waals surface area contributed by atoms with E-state index in [-0.39, 0.29) is 0 Å². The molecule has 2 aromatic rings. The van der Waals surface area contributed by atoms with Crippen molar-refractivity contribution in [1.82, 2.24) is 0 Å². The van der Waals surface area contributed by atoms with Crippen LogP contribution in [0.15, 0.2) is 48.5 Å². The third kappa shape index (κ3) is 4.10. The van der Waals surface area contributed by atoms with Gasteiger partial charge in [-0.1, -0.05) is 6.07 Å². The van der Waals surface area contributed by atoms with E-state index < -0.39 is 0 Å². The lowest BCUT2D eigenvalue weighted by atomic mass is 10.3. The normalized spacial score (nSPS) is 9.95. The maximum Gasteiger partial charge on any atom is 0.122 e. The molecule has 0 spiro atoms. The van der Waals surface area contributed by atoms with Crippen molar-refractivity contribution in [3.8, 4) is 17.2 Å². The summed E-state index contributed by atoms with van der Waals surface area (Å²) in [6.45, 7) is 0.941. The van der Waals surface area contributed by atoms with Crippen molar-refractivity contribution in [2.24, 2.45) is 0 Å². The van der Waals surface area contributed by atoms with Crippen LogP contribution in [0.25, 0.3) is 0 Å². The van der Waals surface area contributed by atoms with Gasteiger partial charge >= 0.3 is 0 Å². The van der Waals surface area contributed by atoms with Crippen LogP contribution in [0.2, 0.25) is 0 Å². The van der Waals surface area contributed by atoms with E-state index in [9.17, 15) is 0 Å². The molecule has 2 rings (SSSR count). The molecule has 0 aliphatic heterocycles. The van der Waals surface area contributed by atoms with Crippen molar-refractivity contribution >= 4 is 5.69 Å². The van der Waals surface area contributed by atoms with Crippen LogP contribution in [0.1, 0.15) is 0 Å². The molecule has 0 saturated heterocycles. The molecule has 0 atom stereocenters. The highest BCUT2D eigenvalue weighted by Crippen LogP contribution is 2.17. The monoisotopic (exact) mass is 259 g/mol. The average Bonchev–Trinajstić information content (AvgIpc) is 2.44. The maximum absolute atomic E-state index is 5.66. The van der Waals surface area contributed by atoms with Crippen LogP contribution in [-0.2, 0) is 0 Å². The number of ether oxygens (including phenoxy) is 3. The smallest absolute Gasteiger partial charge is 0.122 e. The fraction of sp³-hybridized carbons (Fsp3) is 0.200. The van der Waals surface area contributed by atoms with E-state index >= 15 is 0 Å². The SMILES string of the molecule is COc1ccc(OCCOc2cccc(N)c2)cc1. The lowest BCUT2D eigenvalue weighted by Crippen LogP contribution is -2.09. The van der Waals surface area contributed by atoms with Gasteiger partial charge in [-0.05, 0) is 36.4 Å². The molecular weight excluding hydrogens is 242 g/mol. The number of anilines is 1. The first-order valence-electron chi connectivity index (χ1n) is 6.03. The Kier molecular flexibility index (Phi) is 4.50. The van der Waals surface area contributed by atoms with E-state index in [1.165, 1.54) is 0 Å². The third-order valence-electron chi connectivity index (χ3n) is 2.54. The van der Waals surface area contributed by atoms with Crippen LogP contribution < -0.4 is 19.9 Å². The molecule has 0 aliphatic rings. The largest absolute Gasteiger partial charge is 0.497 e. The predicted octanol–water partition coefficient (Wildman–Crippen LogP) is 2.74. The van der Waals surface area contributed by atoms with Gasteiger partial charge in [0.15, 0.2) is 0 Å². The van der Waals surface area contributed by atoms with Gasteiger partial charge in [-0.15, -0.1) is 0 Å². The Balaban J connectivity index is 1.74. The summed E-state index contributed by atoms with van der Waals surface area (Å²) in [6.07, 6.45) is 0. The first-order valence-corrected chi connectivity index (χ1v) is 6.03. The number of hydrogen-bond acceptors (Lipinski definition) is 4. The lowest BCUT2D eigenvalue weighted by Gasteiger charge is -2.09. The zero-order valence-corrected chi connectivity index (χ0v) is 10.8. The third-order valence-corrected chi connectivity index (χ3v) is 2.54. The second kappa shape index (κ2) is 6.54. The fourth-order valence-corrected chi connectivity index (χ4v) is 1.60. The van der Waals surface area contributed by atoms with E-state index in [2.05, 4.69) is 0 Å². The second-order valence-corrected chi connectivity index (χ2v) is 3.94. The Morgan fingerprint density at radius 3 is 2.11 bits per heavy atom. The standard InChI is InChI=1S/C15H17NO3/c1-17-13-5-7-14(8-6-13)18-9-10-19-15-4-2-3-12(16)11-15/h2-8,11H,9-10,16H2,1H3. The molecule has 19 heavy (non-hydrogen) atoms. The molecule has 4 nitrogen and oxygen atoms in total. The minimum Gasteiger partial charge on any atom is -0.497 e. The lowest BCUT2D eigenvalue weighted by molar-refractivity contribution is 0.217. The van der Waals surface area contributed by atoms with E-state index in [1.54, 1.807) is 13.2 Å². The van der Waals surface area contributed by atoms with Gasteiger partial charge in [-0.2, -0.15) is 0 Å². The van der Waals surface area contributed by atoms with Gasteiger partial charge in [0.2, 0.25) is 0 Å². The quantitative estimate of drug-likeness (QED) is 0.640. The molecule has 0 saturated carbocycles. The molecule has 4 heteroatoms. The van der Waals surface area contributed by atoms with Gasteiger partial charge in [-0.25, -0.2) is 0 Å². The number of nitrogens with two attached hydrogens (primary N) is 1. The van der Waals surface area contributed by atoms with Crippen LogP contribution >= 0.6 is 0 Å². The van der Waals surface area contributed by atoms with Crippen LogP contribution in [0.5, 0.6) is 17.2 Å². The Hall–Kier alpha value is -2.36. The first-order chi connectivity index (χ1) is 9.28. The highest BCUT2D eigenvalue weighted by Gasteiger charge is 1.97. The summed E-state index contributed by atoms with van der Waals surface area (Å²) in [7, 11) is 1.63. The summed E-state index contributed by atoms with van der Waals surface area (Å²) in [5.41, 5.74) is 6.35. The number of methoxy groups -OCH3 is 1. The van der Waals surface area contributed by atoms with Crippen molar-refractivity contribution in [3.63, 3.8) is 0 Å². The van der Waals surface area contributed by atoms with Crippen molar-refractivity contribution in [2.45, 2.75) is 0 Å². The van der Waals surface area contributed by atoms with Gasteiger partial charge in [0.05, 0.1) is 7.11 Å². The highest BCUT2D eigenvalue weighted by molar-refractivity contribution is 5.43. The van der Waals surface area contributed by atoms with Crippen molar-refractivity contribution in [1.29, 1.82) is 0 Å². The van der Waals surface area contributed by atoms with E-state index in [0.29, 0.717) is 18.9 Å². The summed E-state index contributed by atoms with van der Waals surface area (Å²) in [5.74, 6) is 2.35. The summed E-state index contributed by atoms with van der Waals surface area (Å²) < 4.78 is 16.1. The van der Waals surface area contributed by atoms with Crippen molar-refractivity contribution in [2.75, 3.05) is 26.1 Å². The molecule has 0 aromatic heterocycles. The van der Waals surface area contributed by atoms with E-state index in [1.807, 2.05) is 42.5 Å².